The smallest absolute Gasteiger partial charge is 0.291 e. The van der Waals surface area contributed by atoms with E-state index in [-0.39, 0.29) is 17.8 Å². The molecular formula is C15H18N4O3. The van der Waals surface area contributed by atoms with Gasteiger partial charge in [-0.3, -0.25) is 4.79 Å². The number of carbonyl (C=O) groups is 1. The molecule has 2 aromatic heterocycles. The van der Waals surface area contributed by atoms with Gasteiger partial charge in [0.1, 0.15) is 11.9 Å². The Morgan fingerprint density at radius 1 is 1.45 bits per heavy atom. The van der Waals surface area contributed by atoms with Crippen LogP contribution in [0.15, 0.2) is 29.0 Å². The molecule has 1 aliphatic rings. The molecule has 116 valence electrons. The Balaban J connectivity index is 1.76. The summed E-state index contributed by atoms with van der Waals surface area (Å²) in [7, 11) is 1.82. The molecule has 7 nitrogen and oxygen atoms in total. The topological polar surface area (TPSA) is 80.5 Å². The Labute approximate surface area is 128 Å². The fraction of sp³-hybridized carbons (Fsp3) is 0.400. The lowest BCUT2D eigenvalue weighted by molar-refractivity contribution is -0.0256. The molecule has 0 saturated carbocycles. The number of amides is 1. The predicted molar refractivity (Wildman–Crippen MR) is 79.6 cm³/mol. The molecule has 1 atom stereocenters. The van der Waals surface area contributed by atoms with Crippen molar-refractivity contribution in [2.75, 3.05) is 32.1 Å². The molecular weight excluding hydrogens is 284 g/mol. The molecule has 2 aromatic rings. The monoisotopic (exact) mass is 302 g/mol. The van der Waals surface area contributed by atoms with Crippen LogP contribution < -0.4 is 5.32 Å². The maximum atomic E-state index is 12.5. The van der Waals surface area contributed by atoms with E-state index in [0.717, 1.165) is 11.5 Å². The summed E-state index contributed by atoms with van der Waals surface area (Å²) in [5.74, 6) is 0.904. The highest BCUT2D eigenvalue weighted by Gasteiger charge is 2.29. The number of hydrogen-bond acceptors (Lipinski definition) is 6. The quantitative estimate of drug-likeness (QED) is 0.928. The molecule has 1 amide bonds. The van der Waals surface area contributed by atoms with Crippen molar-refractivity contribution in [1.29, 1.82) is 0 Å². The van der Waals surface area contributed by atoms with Crippen molar-refractivity contribution in [3.63, 3.8) is 0 Å². The van der Waals surface area contributed by atoms with Gasteiger partial charge in [0, 0.05) is 13.6 Å². The van der Waals surface area contributed by atoms with E-state index in [4.69, 9.17) is 9.15 Å². The maximum Gasteiger partial charge on any atom is 0.291 e. The Kier molecular flexibility index (Phi) is 4.06. The Bertz CT molecular complexity index is 670. The summed E-state index contributed by atoms with van der Waals surface area (Å²) < 4.78 is 10.9. The molecule has 0 bridgehead atoms. The van der Waals surface area contributed by atoms with E-state index in [9.17, 15) is 4.79 Å². The first-order valence-corrected chi connectivity index (χ1v) is 7.14. The summed E-state index contributed by atoms with van der Waals surface area (Å²) >= 11 is 0. The van der Waals surface area contributed by atoms with Gasteiger partial charge < -0.3 is 19.4 Å². The van der Waals surface area contributed by atoms with Crippen molar-refractivity contribution >= 4 is 11.7 Å². The fourth-order valence-corrected chi connectivity index (χ4v) is 2.43. The summed E-state index contributed by atoms with van der Waals surface area (Å²) in [6.45, 7) is 3.20. The van der Waals surface area contributed by atoms with Crippen LogP contribution in [-0.4, -0.2) is 47.5 Å². The second-order valence-corrected chi connectivity index (χ2v) is 5.08. The van der Waals surface area contributed by atoms with E-state index < -0.39 is 0 Å². The Hall–Kier alpha value is -2.41. The number of aryl methyl sites for hydroxylation is 1. The number of rotatable bonds is 3. The van der Waals surface area contributed by atoms with Crippen LogP contribution in [0.25, 0.3) is 0 Å². The largest absolute Gasteiger partial charge is 0.438 e. The molecule has 7 heteroatoms. The van der Waals surface area contributed by atoms with Gasteiger partial charge in [-0.15, -0.1) is 0 Å². The van der Waals surface area contributed by atoms with Crippen LogP contribution in [0.3, 0.4) is 0 Å². The third-order valence-corrected chi connectivity index (χ3v) is 3.65. The van der Waals surface area contributed by atoms with Gasteiger partial charge in [0.25, 0.3) is 5.91 Å². The maximum absolute atomic E-state index is 12.5. The van der Waals surface area contributed by atoms with Crippen LogP contribution in [0.4, 0.5) is 5.82 Å². The minimum absolute atomic E-state index is 0.159. The molecule has 1 N–H and O–H groups in total. The van der Waals surface area contributed by atoms with Crippen molar-refractivity contribution < 1.29 is 13.9 Å². The second-order valence-electron chi connectivity index (χ2n) is 5.08. The van der Waals surface area contributed by atoms with Crippen molar-refractivity contribution in [3.05, 3.63) is 41.7 Å². The highest BCUT2D eigenvalue weighted by Crippen LogP contribution is 2.23. The third kappa shape index (κ3) is 2.80. The van der Waals surface area contributed by atoms with Crippen LogP contribution in [0.1, 0.15) is 28.0 Å². The van der Waals surface area contributed by atoms with E-state index >= 15 is 0 Å². The predicted octanol–water partition coefficient (Wildman–Crippen LogP) is 1.63. The van der Waals surface area contributed by atoms with Crippen LogP contribution in [0, 0.1) is 6.92 Å². The van der Waals surface area contributed by atoms with Crippen molar-refractivity contribution in [2.45, 2.75) is 13.0 Å². The Morgan fingerprint density at radius 2 is 2.32 bits per heavy atom. The standard InChI is InChI=1S/C15H18N4O3/c1-10-14(22-9-17-10)15(20)19-6-7-21-12(8-19)11-4-3-5-13(16-2)18-11/h3-5,9,12H,6-8H2,1-2H3,(H,16,18). The van der Waals surface area contributed by atoms with E-state index in [1.165, 1.54) is 6.39 Å². The van der Waals surface area contributed by atoms with Gasteiger partial charge in [-0.25, -0.2) is 9.97 Å². The number of anilines is 1. The zero-order chi connectivity index (χ0) is 15.5. The molecule has 1 saturated heterocycles. The fourth-order valence-electron chi connectivity index (χ4n) is 2.43. The lowest BCUT2D eigenvalue weighted by atomic mass is 10.1. The van der Waals surface area contributed by atoms with Gasteiger partial charge >= 0.3 is 0 Å². The van der Waals surface area contributed by atoms with E-state index in [1.807, 2.05) is 25.2 Å². The third-order valence-electron chi connectivity index (χ3n) is 3.65. The van der Waals surface area contributed by atoms with Crippen LogP contribution in [0.5, 0.6) is 0 Å². The zero-order valence-electron chi connectivity index (χ0n) is 12.6. The van der Waals surface area contributed by atoms with Gasteiger partial charge in [-0.1, -0.05) is 6.07 Å². The number of nitrogens with zero attached hydrogens (tertiary/aromatic N) is 3. The number of morpholine rings is 1. The minimum atomic E-state index is -0.241. The number of aromatic nitrogens is 2. The molecule has 3 heterocycles. The number of ether oxygens (including phenoxy) is 1. The molecule has 0 radical (unpaired) electrons. The molecule has 3 rings (SSSR count). The number of oxazole rings is 1. The molecule has 1 unspecified atom stereocenters. The van der Waals surface area contributed by atoms with Crippen LogP contribution in [0.2, 0.25) is 0 Å². The summed E-state index contributed by atoms with van der Waals surface area (Å²) in [4.78, 5) is 22.6. The van der Waals surface area contributed by atoms with Gasteiger partial charge in [0.15, 0.2) is 6.39 Å². The lowest BCUT2D eigenvalue weighted by Gasteiger charge is -2.32. The SMILES string of the molecule is CNc1cccc(C2CN(C(=O)c3ocnc3C)CCO2)n1. The second kappa shape index (κ2) is 6.15. The zero-order valence-corrected chi connectivity index (χ0v) is 12.6. The van der Waals surface area contributed by atoms with E-state index in [0.29, 0.717) is 25.4 Å². The molecule has 1 aliphatic heterocycles. The normalized spacial score (nSPS) is 18.3. The summed E-state index contributed by atoms with van der Waals surface area (Å²) in [5, 5.41) is 3.00. The van der Waals surface area contributed by atoms with Crippen molar-refractivity contribution in [3.8, 4) is 0 Å². The average Bonchev–Trinajstić information content (AvgIpc) is 3.00. The van der Waals surface area contributed by atoms with Crippen molar-refractivity contribution in [1.82, 2.24) is 14.9 Å². The Morgan fingerprint density at radius 3 is 3.05 bits per heavy atom. The van der Waals surface area contributed by atoms with E-state index in [1.54, 1.807) is 11.8 Å². The summed E-state index contributed by atoms with van der Waals surface area (Å²) in [6, 6.07) is 5.70. The van der Waals surface area contributed by atoms with Crippen LogP contribution in [-0.2, 0) is 4.74 Å². The first-order valence-electron chi connectivity index (χ1n) is 7.14. The lowest BCUT2D eigenvalue weighted by Crippen LogP contribution is -2.42. The van der Waals surface area contributed by atoms with Crippen LogP contribution >= 0.6 is 0 Å². The first kappa shape index (κ1) is 14.5. The number of hydrogen-bond donors (Lipinski definition) is 1. The number of carbonyl (C=O) groups excluding carboxylic acids is 1. The minimum Gasteiger partial charge on any atom is -0.438 e. The van der Waals surface area contributed by atoms with Gasteiger partial charge in [0.05, 0.1) is 24.5 Å². The summed E-state index contributed by atoms with van der Waals surface area (Å²) in [6.07, 6.45) is 1.05. The molecule has 0 spiro atoms. The number of nitrogens with one attached hydrogen (secondary N) is 1. The van der Waals surface area contributed by atoms with Gasteiger partial charge in [-0.05, 0) is 19.1 Å². The highest BCUT2D eigenvalue weighted by molar-refractivity contribution is 5.92. The number of pyridine rings is 1. The average molecular weight is 302 g/mol. The summed E-state index contributed by atoms with van der Waals surface area (Å²) in [5.41, 5.74) is 1.40. The first-order chi connectivity index (χ1) is 10.7. The van der Waals surface area contributed by atoms with Gasteiger partial charge in [-0.2, -0.15) is 0 Å². The highest BCUT2D eigenvalue weighted by atomic mass is 16.5. The molecule has 0 aromatic carbocycles. The molecule has 22 heavy (non-hydrogen) atoms. The van der Waals surface area contributed by atoms with E-state index in [2.05, 4.69) is 15.3 Å². The van der Waals surface area contributed by atoms with Crippen molar-refractivity contribution in [2.24, 2.45) is 0 Å². The molecule has 0 aliphatic carbocycles. The molecule has 1 fully saturated rings. The van der Waals surface area contributed by atoms with Gasteiger partial charge in [0.2, 0.25) is 5.76 Å².